The molecule has 0 aliphatic heterocycles. The minimum Gasteiger partial charge on any atom is -0.354 e. The maximum absolute atomic E-state index is 13.5. The summed E-state index contributed by atoms with van der Waals surface area (Å²) in [5.74, 6) is -0.334. The average Bonchev–Trinajstić information content (AvgIpc) is 2.65. The topological polar surface area (TPSA) is 86.9 Å². The number of aromatic amines is 1. The van der Waals surface area contributed by atoms with Gasteiger partial charge in [0.1, 0.15) is 11.6 Å². The molecule has 0 saturated heterocycles. The lowest BCUT2D eigenvalue weighted by Gasteiger charge is -2.16. The third kappa shape index (κ3) is 4.81. The van der Waals surface area contributed by atoms with Crippen molar-refractivity contribution in [1.29, 1.82) is 0 Å². The van der Waals surface area contributed by atoms with Crippen LogP contribution in [0.3, 0.4) is 0 Å². The smallest absolute Gasteiger partial charge is 0.256 e. The zero-order valence-corrected chi connectivity index (χ0v) is 16.9. The summed E-state index contributed by atoms with van der Waals surface area (Å²) in [6.07, 6.45) is 1.56. The van der Waals surface area contributed by atoms with Crippen molar-refractivity contribution >= 4 is 34.7 Å². The van der Waals surface area contributed by atoms with Crippen LogP contribution < -0.4 is 16.2 Å². The summed E-state index contributed by atoms with van der Waals surface area (Å²) in [5, 5.41) is 5.83. The highest BCUT2D eigenvalue weighted by atomic mass is 35.5. The van der Waals surface area contributed by atoms with Gasteiger partial charge in [0.25, 0.3) is 5.56 Å². The Kier molecular flexibility index (Phi) is 5.98. The highest BCUT2D eigenvalue weighted by Crippen LogP contribution is 2.30. The molecule has 3 aromatic rings. The van der Waals surface area contributed by atoms with Gasteiger partial charge in [-0.2, -0.15) is 0 Å². The van der Waals surface area contributed by atoms with E-state index in [1.54, 1.807) is 24.4 Å². The zero-order chi connectivity index (χ0) is 21.1. The first-order chi connectivity index (χ1) is 13.7. The lowest BCUT2D eigenvalue weighted by molar-refractivity contribution is -0.114. The second-order valence-electron chi connectivity index (χ2n) is 6.86. The minimum absolute atomic E-state index is 0.0349. The molecule has 0 bridgehead atoms. The number of benzene rings is 1. The SMILES string of the molecule is CC(=O)Nc1cc(Nc2cc(-c3ccc(F)c(Cl)c3)c(=O)[nH]c2C(C)C)ccn1. The van der Waals surface area contributed by atoms with Gasteiger partial charge in [-0.1, -0.05) is 31.5 Å². The van der Waals surface area contributed by atoms with Crippen LogP contribution in [0.15, 0.2) is 47.4 Å². The van der Waals surface area contributed by atoms with Crippen LogP contribution in [-0.2, 0) is 4.79 Å². The molecule has 1 amide bonds. The molecule has 2 heterocycles. The van der Waals surface area contributed by atoms with E-state index in [-0.39, 0.29) is 22.4 Å². The van der Waals surface area contributed by atoms with Crippen LogP contribution in [0.25, 0.3) is 11.1 Å². The van der Waals surface area contributed by atoms with Crippen molar-refractivity contribution in [3.63, 3.8) is 0 Å². The van der Waals surface area contributed by atoms with Crippen molar-refractivity contribution in [1.82, 2.24) is 9.97 Å². The van der Waals surface area contributed by atoms with Crippen LogP contribution >= 0.6 is 11.6 Å². The first-order valence-corrected chi connectivity index (χ1v) is 9.35. The summed E-state index contributed by atoms with van der Waals surface area (Å²) in [6.45, 7) is 5.32. The fraction of sp³-hybridized carbons (Fsp3) is 0.190. The van der Waals surface area contributed by atoms with Gasteiger partial charge in [0.15, 0.2) is 0 Å². The number of carbonyl (C=O) groups excluding carboxylic acids is 1. The standard InChI is InChI=1S/C21H20ClFN4O2/c1-11(2)20-18(26-14-6-7-24-19(9-14)25-12(3)28)10-15(21(29)27-20)13-4-5-17(23)16(22)8-13/h4-11H,1-3H3,(H,27,29)(H2,24,25,26,28). The number of nitrogens with one attached hydrogen (secondary N) is 3. The number of anilines is 3. The summed E-state index contributed by atoms with van der Waals surface area (Å²) in [7, 11) is 0. The van der Waals surface area contributed by atoms with Crippen molar-refractivity contribution in [3.05, 3.63) is 69.5 Å². The van der Waals surface area contributed by atoms with E-state index in [0.29, 0.717) is 34.0 Å². The van der Waals surface area contributed by atoms with Gasteiger partial charge in [-0.3, -0.25) is 9.59 Å². The Hall–Kier alpha value is -3.19. The van der Waals surface area contributed by atoms with Crippen LogP contribution in [0.5, 0.6) is 0 Å². The molecule has 3 rings (SSSR count). The first kappa shape index (κ1) is 20.5. The zero-order valence-electron chi connectivity index (χ0n) is 16.1. The number of halogens is 2. The Morgan fingerprint density at radius 3 is 2.62 bits per heavy atom. The summed E-state index contributed by atoms with van der Waals surface area (Å²) >= 11 is 5.88. The fourth-order valence-electron chi connectivity index (χ4n) is 2.89. The predicted molar refractivity (Wildman–Crippen MR) is 113 cm³/mol. The average molecular weight is 415 g/mol. The molecule has 8 heteroatoms. The molecule has 6 nitrogen and oxygen atoms in total. The number of H-pyrrole nitrogens is 1. The second kappa shape index (κ2) is 8.45. The van der Waals surface area contributed by atoms with Crippen LogP contribution in [0.1, 0.15) is 32.4 Å². The molecule has 0 aliphatic rings. The third-order valence-corrected chi connectivity index (χ3v) is 4.51. The predicted octanol–water partition coefficient (Wildman–Crippen LogP) is 5.05. The number of rotatable bonds is 5. The van der Waals surface area contributed by atoms with Gasteiger partial charge in [-0.15, -0.1) is 0 Å². The molecule has 0 atom stereocenters. The van der Waals surface area contributed by atoms with Crippen molar-refractivity contribution < 1.29 is 9.18 Å². The molecule has 0 radical (unpaired) electrons. The largest absolute Gasteiger partial charge is 0.354 e. The van der Waals surface area contributed by atoms with Crippen LogP contribution in [0, 0.1) is 5.82 Å². The minimum atomic E-state index is -0.550. The summed E-state index contributed by atoms with van der Waals surface area (Å²) in [5.41, 5.74) is 2.64. The number of carbonyl (C=O) groups is 1. The van der Waals surface area contributed by atoms with Crippen LogP contribution in [-0.4, -0.2) is 15.9 Å². The number of amides is 1. The Balaban J connectivity index is 2.06. The van der Waals surface area contributed by atoms with Gasteiger partial charge in [-0.05, 0) is 35.7 Å². The monoisotopic (exact) mass is 414 g/mol. The fourth-order valence-corrected chi connectivity index (χ4v) is 3.07. The van der Waals surface area contributed by atoms with Crippen molar-refractivity contribution in [3.8, 4) is 11.1 Å². The maximum Gasteiger partial charge on any atom is 0.256 e. The molecule has 0 fully saturated rings. The molecule has 0 aliphatic carbocycles. The number of hydrogen-bond donors (Lipinski definition) is 3. The summed E-state index contributed by atoms with van der Waals surface area (Å²) in [4.78, 5) is 30.9. The Morgan fingerprint density at radius 1 is 1.21 bits per heavy atom. The van der Waals surface area contributed by atoms with Gasteiger partial charge in [0, 0.05) is 36.1 Å². The highest BCUT2D eigenvalue weighted by molar-refractivity contribution is 6.31. The van der Waals surface area contributed by atoms with Gasteiger partial charge in [0.2, 0.25) is 5.91 Å². The van der Waals surface area contributed by atoms with Gasteiger partial charge >= 0.3 is 0 Å². The number of nitrogens with zero attached hydrogens (tertiary/aromatic N) is 1. The Morgan fingerprint density at radius 2 is 1.97 bits per heavy atom. The molecule has 150 valence electrons. The van der Waals surface area contributed by atoms with Gasteiger partial charge in [-0.25, -0.2) is 9.37 Å². The maximum atomic E-state index is 13.5. The van der Waals surface area contributed by atoms with E-state index in [1.165, 1.54) is 25.1 Å². The van der Waals surface area contributed by atoms with Crippen molar-refractivity contribution in [2.45, 2.75) is 26.7 Å². The van der Waals surface area contributed by atoms with Crippen LogP contribution in [0.2, 0.25) is 5.02 Å². The molecule has 29 heavy (non-hydrogen) atoms. The van der Waals surface area contributed by atoms with E-state index in [4.69, 9.17) is 11.6 Å². The summed E-state index contributed by atoms with van der Waals surface area (Å²) < 4.78 is 13.5. The normalized spacial score (nSPS) is 10.8. The van der Waals surface area contributed by atoms with Gasteiger partial charge in [0.05, 0.1) is 10.7 Å². The molecule has 0 saturated carbocycles. The number of pyridine rings is 2. The Labute approximate surface area is 172 Å². The number of hydrogen-bond acceptors (Lipinski definition) is 4. The molecule has 2 aromatic heterocycles. The molecule has 3 N–H and O–H groups in total. The van der Waals surface area contributed by atoms with Crippen molar-refractivity contribution in [2.75, 3.05) is 10.6 Å². The van der Waals surface area contributed by atoms with Crippen LogP contribution in [0.4, 0.5) is 21.6 Å². The molecular weight excluding hydrogens is 395 g/mol. The first-order valence-electron chi connectivity index (χ1n) is 8.98. The lowest BCUT2D eigenvalue weighted by Crippen LogP contribution is -2.15. The third-order valence-electron chi connectivity index (χ3n) is 4.22. The highest BCUT2D eigenvalue weighted by Gasteiger charge is 2.15. The quantitative estimate of drug-likeness (QED) is 0.545. The Bertz CT molecular complexity index is 1130. The molecule has 0 unspecified atom stereocenters. The lowest BCUT2D eigenvalue weighted by atomic mass is 10.0. The summed E-state index contributed by atoms with van der Waals surface area (Å²) in [6, 6.07) is 9.28. The van der Waals surface area contributed by atoms with E-state index in [1.807, 2.05) is 13.8 Å². The van der Waals surface area contributed by atoms with E-state index in [9.17, 15) is 14.0 Å². The van der Waals surface area contributed by atoms with E-state index >= 15 is 0 Å². The molecule has 1 aromatic carbocycles. The number of aromatic nitrogens is 2. The van der Waals surface area contributed by atoms with Crippen molar-refractivity contribution in [2.24, 2.45) is 0 Å². The second-order valence-corrected chi connectivity index (χ2v) is 7.27. The molecular formula is C21H20ClFN4O2. The van der Waals surface area contributed by atoms with E-state index < -0.39 is 5.82 Å². The van der Waals surface area contributed by atoms with E-state index in [0.717, 1.165) is 0 Å². The van der Waals surface area contributed by atoms with E-state index in [2.05, 4.69) is 20.6 Å². The molecule has 0 spiro atoms. The van der Waals surface area contributed by atoms with Gasteiger partial charge < -0.3 is 15.6 Å².